The normalized spacial score (nSPS) is 11.5. The molecule has 0 aliphatic heterocycles. The lowest BCUT2D eigenvalue weighted by Crippen LogP contribution is -2.14. The van der Waals surface area contributed by atoms with Gasteiger partial charge in [-0.2, -0.15) is 4.98 Å². The Hall–Kier alpha value is -2.76. The van der Waals surface area contributed by atoms with Crippen molar-refractivity contribution in [3.05, 3.63) is 56.5 Å². The van der Waals surface area contributed by atoms with Crippen LogP contribution < -0.4 is 10.6 Å². The molecule has 9 nitrogen and oxygen atoms in total. The predicted octanol–water partition coefficient (Wildman–Crippen LogP) is 5.08. The maximum atomic E-state index is 12.6. The first-order chi connectivity index (χ1) is 14.1. The number of thiophene rings is 1. The molecule has 0 bridgehead atoms. The van der Waals surface area contributed by atoms with Crippen LogP contribution >= 0.6 is 22.9 Å². The van der Waals surface area contributed by atoms with Crippen molar-refractivity contribution in [2.45, 2.75) is 30.2 Å². The molecular formula is C18H18ClN5O4S2. The zero-order valence-electron chi connectivity index (χ0n) is 16.2. The molecular weight excluding hydrogens is 450 g/mol. The molecule has 0 radical (unpaired) electrons. The van der Waals surface area contributed by atoms with Gasteiger partial charge in [-0.3, -0.25) is 10.1 Å². The number of halogens is 1. The molecule has 3 rings (SSSR count). The topological polar surface area (TPSA) is 127 Å². The lowest BCUT2D eigenvalue weighted by molar-refractivity contribution is -0.384. The van der Waals surface area contributed by atoms with Gasteiger partial charge in [-0.1, -0.05) is 11.6 Å². The van der Waals surface area contributed by atoms with Gasteiger partial charge in [0.2, 0.25) is 5.95 Å². The van der Waals surface area contributed by atoms with Gasteiger partial charge in [0.1, 0.15) is 9.23 Å². The van der Waals surface area contributed by atoms with Gasteiger partial charge >= 0.3 is 0 Å². The van der Waals surface area contributed by atoms with E-state index in [1.165, 1.54) is 18.3 Å². The van der Waals surface area contributed by atoms with Crippen LogP contribution in [-0.2, 0) is 9.84 Å². The lowest BCUT2D eigenvalue weighted by Gasteiger charge is -2.13. The number of aromatic nitrogens is 2. The van der Waals surface area contributed by atoms with E-state index in [1.54, 1.807) is 38.3 Å². The van der Waals surface area contributed by atoms with Crippen molar-refractivity contribution in [3.63, 3.8) is 0 Å². The number of nitrogens with zero attached hydrogens (tertiary/aromatic N) is 3. The fourth-order valence-electron chi connectivity index (χ4n) is 2.49. The Morgan fingerprint density at radius 3 is 2.57 bits per heavy atom. The van der Waals surface area contributed by atoms with Crippen molar-refractivity contribution in [2.75, 3.05) is 10.6 Å². The average Bonchev–Trinajstić information content (AvgIpc) is 3.14. The summed E-state index contributed by atoms with van der Waals surface area (Å²) >= 11 is 7.31. The largest absolute Gasteiger partial charge is 0.337 e. The van der Waals surface area contributed by atoms with Crippen LogP contribution in [0.4, 0.5) is 28.8 Å². The molecule has 0 aliphatic carbocycles. The van der Waals surface area contributed by atoms with Crippen molar-refractivity contribution in [1.29, 1.82) is 0 Å². The van der Waals surface area contributed by atoms with E-state index in [0.29, 0.717) is 16.9 Å². The van der Waals surface area contributed by atoms with Crippen LogP contribution in [-0.4, -0.2) is 28.6 Å². The van der Waals surface area contributed by atoms with E-state index < -0.39 is 20.0 Å². The molecule has 0 unspecified atom stereocenters. The van der Waals surface area contributed by atoms with E-state index in [1.807, 2.05) is 0 Å². The summed E-state index contributed by atoms with van der Waals surface area (Å²) in [6, 6.07) is 6.02. The smallest absolute Gasteiger partial charge is 0.269 e. The van der Waals surface area contributed by atoms with E-state index in [-0.39, 0.29) is 26.7 Å². The lowest BCUT2D eigenvalue weighted by atomic mass is 10.2. The third kappa shape index (κ3) is 4.53. The SMILES string of the molecule is Cc1cc([N+](=O)[O-])ccc1Nc1ncc(Cl)c(Nc2ccsc2S(=O)(=O)C(C)C)n1. The maximum absolute atomic E-state index is 12.6. The van der Waals surface area contributed by atoms with Crippen molar-refractivity contribution >= 4 is 61.6 Å². The van der Waals surface area contributed by atoms with Crippen LogP contribution in [0.5, 0.6) is 0 Å². The van der Waals surface area contributed by atoms with Crippen LogP contribution in [0.3, 0.4) is 0 Å². The second-order valence-electron chi connectivity index (χ2n) is 6.61. The van der Waals surface area contributed by atoms with Gasteiger partial charge in [-0.25, -0.2) is 13.4 Å². The van der Waals surface area contributed by atoms with Crippen molar-refractivity contribution in [3.8, 4) is 0 Å². The molecule has 12 heteroatoms. The second-order valence-corrected chi connectivity index (χ2v) is 10.6. The molecule has 0 fully saturated rings. The van der Waals surface area contributed by atoms with Crippen LogP contribution in [0.25, 0.3) is 0 Å². The van der Waals surface area contributed by atoms with Crippen molar-refractivity contribution < 1.29 is 13.3 Å². The Kier molecular flexibility index (Phi) is 6.25. The zero-order valence-corrected chi connectivity index (χ0v) is 18.6. The van der Waals surface area contributed by atoms with Crippen LogP contribution in [0.2, 0.25) is 5.02 Å². The molecule has 0 saturated heterocycles. The zero-order chi connectivity index (χ0) is 22.1. The van der Waals surface area contributed by atoms with Gasteiger partial charge in [0.25, 0.3) is 5.69 Å². The summed E-state index contributed by atoms with van der Waals surface area (Å²) < 4.78 is 25.3. The first-order valence-corrected chi connectivity index (χ1v) is 11.5. The number of rotatable bonds is 7. The van der Waals surface area contributed by atoms with Crippen LogP contribution in [0, 0.1) is 17.0 Å². The van der Waals surface area contributed by atoms with Gasteiger partial charge < -0.3 is 10.6 Å². The molecule has 2 N–H and O–H groups in total. The molecule has 0 atom stereocenters. The molecule has 2 aromatic heterocycles. The molecule has 0 spiro atoms. The summed E-state index contributed by atoms with van der Waals surface area (Å²) in [5, 5.41) is 18.2. The number of hydrogen-bond acceptors (Lipinski definition) is 9. The number of nitro benzene ring substituents is 1. The highest BCUT2D eigenvalue weighted by Gasteiger charge is 2.25. The maximum Gasteiger partial charge on any atom is 0.269 e. The summed E-state index contributed by atoms with van der Waals surface area (Å²) in [6.07, 6.45) is 1.38. The first-order valence-electron chi connectivity index (χ1n) is 8.72. The number of hydrogen-bond donors (Lipinski definition) is 2. The monoisotopic (exact) mass is 467 g/mol. The molecule has 158 valence electrons. The fraction of sp³-hybridized carbons (Fsp3) is 0.222. The first kappa shape index (κ1) is 21.9. The number of anilines is 4. The Balaban J connectivity index is 1.89. The summed E-state index contributed by atoms with van der Waals surface area (Å²) in [4.78, 5) is 18.9. The van der Waals surface area contributed by atoms with E-state index in [0.717, 1.165) is 11.3 Å². The van der Waals surface area contributed by atoms with Crippen LogP contribution in [0.1, 0.15) is 19.4 Å². The highest BCUT2D eigenvalue weighted by atomic mass is 35.5. The fourth-order valence-corrected chi connectivity index (χ4v) is 5.33. The molecule has 1 aromatic carbocycles. The van der Waals surface area contributed by atoms with Crippen molar-refractivity contribution in [1.82, 2.24) is 9.97 Å². The van der Waals surface area contributed by atoms with E-state index in [4.69, 9.17) is 11.6 Å². The molecule has 30 heavy (non-hydrogen) atoms. The molecule has 0 aliphatic rings. The van der Waals surface area contributed by atoms with Gasteiger partial charge in [0, 0.05) is 17.8 Å². The minimum Gasteiger partial charge on any atom is -0.337 e. The average molecular weight is 468 g/mol. The number of benzene rings is 1. The van der Waals surface area contributed by atoms with E-state index in [9.17, 15) is 18.5 Å². The summed E-state index contributed by atoms with van der Waals surface area (Å²) in [6.45, 7) is 4.95. The van der Waals surface area contributed by atoms with Gasteiger partial charge in [-0.05, 0) is 43.8 Å². The second kappa shape index (κ2) is 8.54. The Labute approximate surface area is 182 Å². The third-order valence-electron chi connectivity index (χ3n) is 4.17. The Bertz CT molecular complexity index is 1210. The van der Waals surface area contributed by atoms with E-state index >= 15 is 0 Å². The third-order valence-corrected chi connectivity index (χ3v) is 8.12. The molecule has 2 heterocycles. The van der Waals surface area contributed by atoms with Crippen molar-refractivity contribution in [2.24, 2.45) is 0 Å². The van der Waals surface area contributed by atoms with Gasteiger partial charge in [0.15, 0.2) is 15.7 Å². The highest BCUT2D eigenvalue weighted by Crippen LogP contribution is 2.34. The highest BCUT2D eigenvalue weighted by molar-refractivity contribution is 7.94. The summed E-state index contributed by atoms with van der Waals surface area (Å²) in [5.74, 6) is 0.426. The summed E-state index contributed by atoms with van der Waals surface area (Å²) in [7, 11) is -3.47. The number of non-ortho nitro benzene ring substituents is 1. The minimum atomic E-state index is -3.47. The standard InChI is InChI=1S/C18H18ClN5O4S2/c1-10(2)30(27,28)17-15(6-7-29-17)21-16-13(19)9-20-18(23-16)22-14-5-4-12(24(25)26)8-11(14)3/h4-10H,1-3H3,(H2,20,21,22,23). The van der Waals surface area contributed by atoms with Crippen LogP contribution in [0.15, 0.2) is 40.1 Å². The van der Waals surface area contributed by atoms with Gasteiger partial charge in [0.05, 0.1) is 22.1 Å². The minimum absolute atomic E-state index is 0.0196. The molecule has 3 aromatic rings. The Morgan fingerprint density at radius 2 is 1.93 bits per heavy atom. The van der Waals surface area contributed by atoms with Gasteiger partial charge in [-0.15, -0.1) is 11.3 Å². The van der Waals surface area contributed by atoms with E-state index in [2.05, 4.69) is 20.6 Å². The summed E-state index contributed by atoms with van der Waals surface area (Å²) in [5.41, 5.74) is 1.59. The number of aryl methyl sites for hydroxylation is 1. The Morgan fingerprint density at radius 1 is 1.20 bits per heavy atom. The molecule has 0 saturated carbocycles. The number of nitro groups is 1. The predicted molar refractivity (Wildman–Crippen MR) is 118 cm³/mol. The molecule has 0 amide bonds. The number of sulfone groups is 1. The quantitative estimate of drug-likeness (QED) is 0.363. The number of nitrogens with one attached hydrogen (secondary N) is 2.